The van der Waals surface area contributed by atoms with E-state index in [0.29, 0.717) is 0 Å². The molecule has 0 radical (unpaired) electrons. The first-order valence-corrected chi connectivity index (χ1v) is 13.0. The predicted octanol–water partition coefficient (Wildman–Crippen LogP) is 5.29. The monoisotopic (exact) mass is 441 g/mol. The molecule has 0 amide bonds. The van der Waals surface area contributed by atoms with Crippen LogP contribution in [0.1, 0.15) is 105 Å². The van der Waals surface area contributed by atoms with Gasteiger partial charge in [-0.2, -0.15) is 0 Å². The highest BCUT2D eigenvalue weighted by Crippen LogP contribution is 2.48. The third-order valence-electron chi connectivity index (χ3n) is 6.75. The summed E-state index contributed by atoms with van der Waals surface area (Å²) in [6.07, 6.45) is 13.6. The largest absolute Gasteiger partial charge is 0.381 e. The van der Waals surface area contributed by atoms with Crippen molar-refractivity contribution >= 4 is 0 Å². The van der Waals surface area contributed by atoms with Gasteiger partial charge in [-0.15, -0.1) is 0 Å². The van der Waals surface area contributed by atoms with Crippen molar-refractivity contribution in [3.8, 4) is 0 Å². The van der Waals surface area contributed by atoms with Crippen LogP contribution in [0.2, 0.25) is 0 Å². The smallest absolute Gasteiger partial charge is 0.199 e. The van der Waals surface area contributed by atoms with E-state index < -0.39 is 11.6 Å². The summed E-state index contributed by atoms with van der Waals surface area (Å²) in [6, 6.07) is 0. The van der Waals surface area contributed by atoms with Gasteiger partial charge in [0.1, 0.15) is 18.4 Å². The highest BCUT2D eigenvalue weighted by molar-refractivity contribution is 5.03. The lowest BCUT2D eigenvalue weighted by atomic mass is 10.00. The minimum absolute atomic E-state index is 0.00167. The Hall–Kier alpha value is -0.240. The topological polar surface area (TPSA) is 58.2 Å². The molecular weight excluding hydrogens is 394 g/mol. The number of fused-ring (bicyclic) bond motifs is 1. The maximum atomic E-state index is 6.60. The molecule has 3 rings (SSSR count). The van der Waals surface area contributed by atoms with E-state index >= 15 is 0 Å². The third kappa shape index (κ3) is 7.12. The second kappa shape index (κ2) is 12.3. The van der Waals surface area contributed by atoms with E-state index in [1.807, 2.05) is 13.8 Å². The van der Waals surface area contributed by atoms with Crippen LogP contribution in [0, 0.1) is 0 Å². The Bertz CT molecular complexity index is 510. The van der Waals surface area contributed by atoms with Crippen LogP contribution < -0.4 is 5.32 Å². The standard InChI is InChI=1S/C25H47NO5/c1-5-7-8-9-10-11-12-18-27-19-14-16-25(29-21-15-13-17-26-21)23-22(20(6-2)28-25)30-24(3,4)31-23/h20-23,26H,5-19H2,1-4H3/t20-,21?,22+,23+,25-/m1/s1. The van der Waals surface area contributed by atoms with Crippen molar-refractivity contribution < 1.29 is 23.7 Å². The number of hydrogen-bond acceptors (Lipinski definition) is 6. The molecule has 1 N–H and O–H groups in total. The molecule has 0 bridgehead atoms. The van der Waals surface area contributed by atoms with E-state index in [9.17, 15) is 0 Å². The molecule has 3 aliphatic heterocycles. The van der Waals surface area contributed by atoms with Gasteiger partial charge in [0.15, 0.2) is 11.6 Å². The van der Waals surface area contributed by atoms with Gasteiger partial charge in [-0.3, -0.25) is 5.32 Å². The van der Waals surface area contributed by atoms with Gasteiger partial charge in [-0.1, -0.05) is 52.4 Å². The van der Waals surface area contributed by atoms with Gasteiger partial charge in [-0.25, -0.2) is 0 Å². The highest BCUT2D eigenvalue weighted by Gasteiger charge is 2.63. The molecule has 0 aliphatic carbocycles. The molecule has 3 aliphatic rings. The summed E-state index contributed by atoms with van der Waals surface area (Å²) in [5.74, 6) is -1.36. The Labute approximate surface area is 190 Å². The molecule has 3 heterocycles. The molecule has 6 nitrogen and oxygen atoms in total. The summed E-state index contributed by atoms with van der Waals surface area (Å²) in [5.41, 5.74) is 0. The molecule has 3 saturated heterocycles. The van der Waals surface area contributed by atoms with Crippen molar-refractivity contribution in [1.29, 1.82) is 0 Å². The quantitative estimate of drug-likeness (QED) is 0.349. The number of nitrogens with one attached hydrogen (secondary N) is 1. The fraction of sp³-hybridized carbons (Fsp3) is 1.00. The highest BCUT2D eigenvalue weighted by atomic mass is 16.8. The van der Waals surface area contributed by atoms with Crippen LogP contribution in [-0.2, 0) is 23.7 Å². The normalized spacial score (nSPS) is 34.5. The Morgan fingerprint density at radius 3 is 2.35 bits per heavy atom. The molecule has 0 spiro atoms. The van der Waals surface area contributed by atoms with Crippen LogP contribution in [0.15, 0.2) is 0 Å². The zero-order chi connectivity index (χ0) is 22.2. The van der Waals surface area contributed by atoms with Gasteiger partial charge in [0.05, 0.1) is 6.10 Å². The average molecular weight is 442 g/mol. The Balaban J connectivity index is 1.45. The van der Waals surface area contributed by atoms with Crippen molar-refractivity contribution in [2.24, 2.45) is 0 Å². The zero-order valence-corrected chi connectivity index (χ0v) is 20.5. The second-order valence-electron chi connectivity index (χ2n) is 9.94. The Morgan fingerprint density at radius 1 is 0.903 bits per heavy atom. The van der Waals surface area contributed by atoms with Crippen molar-refractivity contribution in [3.63, 3.8) is 0 Å². The molecule has 0 aromatic carbocycles. The minimum atomic E-state index is -0.760. The van der Waals surface area contributed by atoms with Gasteiger partial charge in [-0.05, 0) is 52.5 Å². The van der Waals surface area contributed by atoms with Gasteiger partial charge in [0.2, 0.25) is 0 Å². The van der Waals surface area contributed by atoms with Crippen LogP contribution in [0.4, 0.5) is 0 Å². The first-order valence-electron chi connectivity index (χ1n) is 13.0. The van der Waals surface area contributed by atoms with Gasteiger partial charge in [0, 0.05) is 19.6 Å². The van der Waals surface area contributed by atoms with Crippen LogP contribution in [0.5, 0.6) is 0 Å². The fourth-order valence-corrected chi connectivity index (χ4v) is 5.14. The molecule has 5 atom stereocenters. The van der Waals surface area contributed by atoms with E-state index in [4.69, 9.17) is 23.7 Å². The molecule has 0 aromatic heterocycles. The lowest BCUT2D eigenvalue weighted by Crippen LogP contribution is -2.50. The Morgan fingerprint density at radius 2 is 1.65 bits per heavy atom. The molecule has 0 aromatic rings. The number of hydrogen-bond donors (Lipinski definition) is 1. The molecule has 6 heteroatoms. The number of unbranched alkanes of at least 4 members (excludes halogenated alkanes) is 6. The van der Waals surface area contributed by atoms with Crippen molar-refractivity contribution in [1.82, 2.24) is 5.32 Å². The van der Waals surface area contributed by atoms with Gasteiger partial charge >= 0.3 is 0 Å². The van der Waals surface area contributed by atoms with Crippen molar-refractivity contribution in [2.75, 3.05) is 19.8 Å². The summed E-state index contributed by atoms with van der Waals surface area (Å²) in [4.78, 5) is 0. The van der Waals surface area contributed by atoms with Crippen LogP contribution >= 0.6 is 0 Å². The Kier molecular flexibility index (Phi) is 10.1. The second-order valence-corrected chi connectivity index (χ2v) is 9.94. The minimum Gasteiger partial charge on any atom is -0.381 e. The van der Waals surface area contributed by atoms with Crippen LogP contribution in [0.3, 0.4) is 0 Å². The first-order chi connectivity index (χ1) is 15.0. The maximum absolute atomic E-state index is 6.60. The molecule has 182 valence electrons. The lowest BCUT2D eigenvalue weighted by Gasteiger charge is -2.37. The van der Waals surface area contributed by atoms with E-state index in [-0.39, 0.29) is 24.5 Å². The summed E-state index contributed by atoms with van der Waals surface area (Å²) in [6.45, 7) is 11.0. The third-order valence-corrected chi connectivity index (χ3v) is 6.75. The maximum Gasteiger partial charge on any atom is 0.199 e. The average Bonchev–Trinajstić information content (AvgIpc) is 3.42. The lowest BCUT2D eigenvalue weighted by molar-refractivity contribution is -0.311. The first kappa shape index (κ1) is 25.4. The molecule has 31 heavy (non-hydrogen) atoms. The zero-order valence-electron chi connectivity index (χ0n) is 20.5. The fourth-order valence-electron chi connectivity index (χ4n) is 5.14. The predicted molar refractivity (Wildman–Crippen MR) is 122 cm³/mol. The summed E-state index contributed by atoms with van der Waals surface area (Å²) >= 11 is 0. The van der Waals surface area contributed by atoms with Gasteiger partial charge in [0.25, 0.3) is 0 Å². The van der Waals surface area contributed by atoms with Crippen molar-refractivity contribution in [3.05, 3.63) is 0 Å². The molecule has 1 unspecified atom stereocenters. The van der Waals surface area contributed by atoms with Crippen LogP contribution in [-0.4, -0.2) is 55.9 Å². The SMILES string of the molecule is CCCCCCCCCOCCC[C@]1(OC2CCCN2)O[C@H](CC)[C@@H]2OC(C)(C)O[C@@H]21. The van der Waals surface area contributed by atoms with Crippen molar-refractivity contribution in [2.45, 2.75) is 141 Å². The van der Waals surface area contributed by atoms with Gasteiger partial charge < -0.3 is 23.7 Å². The van der Waals surface area contributed by atoms with Crippen LogP contribution in [0.25, 0.3) is 0 Å². The molecule has 0 saturated carbocycles. The summed E-state index contributed by atoms with van der Waals surface area (Å²) < 4.78 is 31.6. The van der Waals surface area contributed by atoms with E-state index in [1.54, 1.807) is 0 Å². The summed E-state index contributed by atoms with van der Waals surface area (Å²) in [5, 5.41) is 3.45. The molecular formula is C25H47NO5. The molecule has 3 fully saturated rings. The van der Waals surface area contributed by atoms with E-state index in [2.05, 4.69) is 19.2 Å². The summed E-state index contributed by atoms with van der Waals surface area (Å²) in [7, 11) is 0. The van der Waals surface area contributed by atoms with E-state index in [0.717, 1.165) is 58.3 Å². The number of ether oxygens (including phenoxy) is 5. The number of rotatable bonds is 15. The van der Waals surface area contributed by atoms with E-state index in [1.165, 1.54) is 38.5 Å².